The Balaban J connectivity index is 1.25. The van der Waals surface area contributed by atoms with Crippen LogP contribution in [0.1, 0.15) is 56.6 Å². The second-order valence-electron chi connectivity index (χ2n) is 11.8. The fourth-order valence-corrected chi connectivity index (χ4v) is 6.24. The van der Waals surface area contributed by atoms with Gasteiger partial charge in [0.05, 0.1) is 29.3 Å². The molecule has 43 heavy (non-hydrogen) atoms. The Labute approximate surface area is 248 Å². The van der Waals surface area contributed by atoms with Gasteiger partial charge in [-0.05, 0) is 70.4 Å². The maximum atomic E-state index is 12.4. The number of hydrogen-bond donors (Lipinski definition) is 4. The third-order valence-electron chi connectivity index (χ3n) is 8.81. The number of fused-ring (bicyclic) bond motifs is 4. The van der Waals surface area contributed by atoms with E-state index in [1.807, 2.05) is 50.2 Å². The van der Waals surface area contributed by atoms with Crippen molar-refractivity contribution in [2.75, 3.05) is 36.9 Å². The molecule has 4 aromatic heterocycles. The number of benzene rings is 1. The first kappa shape index (κ1) is 27.3. The highest BCUT2D eigenvalue weighted by Gasteiger charge is 2.44. The van der Waals surface area contributed by atoms with Crippen molar-refractivity contribution in [3.8, 4) is 11.5 Å². The summed E-state index contributed by atoms with van der Waals surface area (Å²) >= 11 is 0. The minimum absolute atomic E-state index is 0.0366. The minimum atomic E-state index is -0.381. The SMILES string of the molecule is CC(C)n1[nH]c(=O)c2ccc(Nc3cc(N[C@H](CO)c4ccccc4)c(-c4nc(C56CCN(CC5)CC6)no4)cn3)nc21. The van der Waals surface area contributed by atoms with Crippen LogP contribution in [0.15, 0.2) is 64.0 Å². The zero-order chi connectivity index (χ0) is 29.6. The fraction of sp³-hybridized carbons (Fsp3) is 0.387. The maximum Gasteiger partial charge on any atom is 0.273 e. The van der Waals surface area contributed by atoms with Crippen LogP contribution in [0.2, 0.25) is 0 Å². The number of nitrogens with zero attached hydrogens (tertiary/aromatic N) is 6. The Morgan fingerprint density at radius 1 is 1.05 bits per heavy atom. The molecule has 0 aliphatic carbocycles. The van der Waals surface area contributed by atoms with Crippen molar-refractivity contribution in [1.29, 1.82) is 0 Å². The van der Waals surface area contributed by atoms with Crippen molar-refractivity contribution in [3.63, 3.8) is 0 Å². The molecule has 0 radical (unpaired) electrons. The molecule has 1 atom stereocenters. The summed E-state index contributed by atoms with van der Waals surface area (Å²) in [4.78, 5) is 29.1. The molecule has 7 heterocycles. The molecule has 8 rings (SSSR count). The third-order valence-corrected chi connectivity index (χ3v) is 8.81. The van der Waals surface area contributed by atoms with Crippen LogP contribution < -0.4 is 16.2 Å². The molecule has 0 spiro atoms. The molecule has 12 nitrogen and oxygen atoms in total. The van der Waals surface area contributed by atoms with Crippen LogP contribution in [-0.2, 0) is 5.41 Å². The van der Waals surface area contributed by atoms with Gasteiger partial charge in [-0.25, -0.2) is 9.97 Å². The number of rotatable bonds is 9. The lowest BCUT2D eigenvalue weighted by Gasteiger charge is -2.46. The van der Waals surface area contributed by atoms with Gasteiger partial charge in [0.25, 0.3) is 11.4 Å². The van der Waals surface area contributed by atoms with Gasteiger partial charge in [0.1, 0.15) is 11.6 Å². The Hall–Kier alpha value is -4.55. The van der Waals surface area contributed by atoms with Gasteiger partial charge in [-0.15, -0.1) is 0 Å². The second-order valence-corrected chi connectivity index (χ2v) is 11.8. The molecule has 3 aliphatic rings. The van der Waals surface area contributed by atoms with E-state index in [1.165, 1.54) is 0 Å². The summed E-state index contributed by atoms with van der Waals surface area (Å²) in [6.07, 6.45) is 4.78. The lowest BCUT2D eigenvalue weighted by Crippen LogP contribution is -2.51. The van der Waals surface area contributed by atoms with Crippen molar-refractivity contribution >= 4 is 28.4 Å². The van der Waals surface area contributed by atoms with Gasteiger partial charge >= 0.3 is 0 Å². The number of anilines is 3. The van der Waals surface area contributed by atoms with Gasteiger partial charge in [0.2, 0.25) is 0 Å². The molecule has 5 aromatic rings. The number of pyridine rings is 2. The predicted octanol–water partition coefficient (Wildman–Crippen LogP) is 4.38. The number of hydrogen-bond acceptors (Lipinski definition) is 10. The highest BCUT2D eigenvalue weighted by molar-refractivity contribution is 5.79. The summed E-state index contributed by atoms with van der Waals surface area (Å²) in [5.41, 5.74) is 2.60. The van der Waals surface area contributed by atoms with Crippen LogP contribution in [-0.4, -0.2) is 66.1 Å². The summed E-state index contributed by atoms with van der Waals surface area (Å²) in [7, 11) is 0. The molecule has 12 heteroatoms. The number of nitrogens with one attached hydrogen (secondary N) is 3. The molecule has 2 bridgehead atoms. The third kappa shape index (κ3) is 5.06. The number of aromatic nitrogens is 6. The summed E-state index contributed by atoms with van der Waals surface area (Å²) in [5.74, 6) is 2.21. The van der Waals surface area contributed by atoms with Crippen LogP contribution in [0.3, 0.4) is 0 Å². The molecular weight excluding hydrogens is 546 g/mol. The highest BCUT2D eigenvalue weighted by Crippen LogP contribution is 2.42. The Bertz CT molecular complexity index is 1790. The molecule has 222 valence electrons. The first-order valence-corrected chi connectivity index (χ1v) is 14.8. The van der Waals surface area contributed by atoms with Gasteiger partial charge in [-0.3, -0.25) is 14.6 Å². The maximum absolute atomic E-state index is 12.4. The van der Waals surface area contributed by atoms with Crippen molar-refractivity contribution in [2.24, 2.45) is 0 Å². The zero-order valence-electron chi connectivity index (χ0n) is 24.2. The topological polar surface area (TPSA) is 150 Å². The van der Waals surface area contributed by atoms with Crippen LogP contribution in [0, 0.1) is 0 Å². The number of aromatic amines is 1. The summed E-state index contributed by atoms with van der Waals surface area (Å²) in [6, 6.07) is 14.8. The first-order chi connectivity index (χ1) is 20.9. The van der Waals surface area contributed by atoms with E-state index in [0.717, 1.165) is 50.3 Å². The van der Waals surface area contributed by atoms with Crippen LogP contribution in [0.4, 0.5) is 17.3 Å². The second kappa shape index (κ2) is 10.9. The first-order valence-electron chi connectivity index (χ1n) is 14.8. The van der Waals surface area contributed by atoms with E-state index in [0.29, 0.717) is 39.8 Å². The molecule has 3 saturated heterocycles. The average molecular weight is 582 g/mol. The summed E-state index contributed by atoms with van der Waals surface area (Å²) in [6.45, 7) is 7.03. The van der Waals surface area contributed by atoms with E-state index < -0.39 is 0 Å². The van der Waals surface area contributed by atoms with Crippen molar-refractivity contribution in [2.45, 2.75) is 50.6 Å². The van der Waals surface area contributed by atoms with Crippen molar-refractivity contribution < 1.29 is 9.63 Å². The smallest absolute Gasteiger partial charge is 0.273 e. The quantitative estimate of drug-likeness (QED) is 0.198. The molecule has 1 aromatic carbocycles. The van der Waals surface area contributed by atoms with Crippen LogP contribution in [0.5, 0.6) is 0 Å². The standard InChI is InChI=1S/C31H35N9O3/c1-19(2)40-27-21(28(42)37-40)8-9-25(35-27)34-26-16-23(33-24(18-41)20-6-4-3-5-7-20)22(17-32-26)29-36-30(38-43-29)31-10-13-39(14-11-31)15-12-31/h3-9,16-17,19,24,41H,10-15,18H2,1-2H3,(H,37,42)(H2,32,33,34,35)/t24-/m1/s1. The van der Waals surface area contributed by atoms with Gasteiger partial charge < -0.3 is 25.2 Å². The van der Waals surface area contributed by atoms with Crippen molar-refractivity contribution in [1.82, 2.24) is 34.8 Å². The number of aliphatic hydroxyl groups excluding tert-OH is 1. The van der Waals surface area contributed by atoms with Crippen LogP contribution >= 0.6 is 0 Å². The lowest BCUT2D eigenvalue weighted by molar-refractivity contribution is 0.0747. The minimum Gasteiger partial charge on any atom is -0.394 e. The number of H-pyrrole nitrogens is 1. The van der Waals surface area contributed by atoms with E-state index in [9.17, 15) is 9.90 Å². The molecule has 3 aliphatic heterocycles. The normalized spacial score (nSPS) is 20.5. The van der Waals surface area contributed by atoms with E-state index in [1.54, 1.807) is 23.0 Å². The monoisotopic (exact) mass is 581 g/mol. The van der Waals surface area contributed by atoms with E-state index in [2.05, 4.69) is 30.8 Å². The largest absolute Gasteiger partial charge is 0.394 e. The average Bonchev–Trinajstić information content (AvgIpc) is 3.67. The molecule has 3 fully saturated rings. The van der Waals surface area contributed by atoms with Gasteiger partial charge in [0, 0.05) is 23.7 Å². The number of aliphatic hydroxyl groups is 1. The lowest BCUT2D eigenvalue weighted by atomic mass is 9.71. The summed E-state index contributed by atoms with van der Waals surface area (Å²) < 4.78 is 7.62. The predicted molar refractivity (Wildman–Crippen MR) is 163 cm³/mol. The van der Waals surface area contributed by atoms with E-state index in [-0.39, 0.29) is 29.7 Å². The zero-order valence-corrected chi connectivity index (χ0v) is 24.2. The summed E-state index contributed by atoms with van der Waals surface area (Å²) in [5, 5.41) is 24.9. The van der Waals surface area contributed by atoms with Gasteiger partial charge in [0.15, 0.2) is 11.5 Å². The molecule has 0 amide bonds. The Morgan fingerprint density at radius 3 is 2.53 bits per heavy atom. The Morgan fingerprint density at radius 2 is 1.81 bits per heavy atom. The van der Waals surface area contributed by atoms with E-state index in [4.69, 9.17) is 14.5 Å². The van der Waals surface area contributed by atoms with E-state index >= 15 is 0 Å². The number of piperidine rings is 3. The highest BCUT2D eigenvalue weighted by atomic mass is 16.5. The molecule has 4 N–H and O–H groups in total. The molecule has 0 unspecified atom stereocenters. The molecular formula is C31H35N9O3. The van der Waals surface area contributed by atoms with Crippen LogP contribution in [0.25, 0.3) is 22.5 Å². The van der Waals surface area contributed by atoms with Gasteiger partial charge in [-0.1, -0.05) is 35.5 Å². The Kier molecular flexibility index (Phi) is 6.94. The fourth-order valence-electron chi connectivity index (χ4n) is 6.24. The molecule has 0 saturated carbocycles. The van der Waals surface area contributed by atoms with Crippen molar-refractivity contribution in [3.05, 3.63) is 76.5 Å². The van der Waals surface area contributed by atoms with Gasteiger partial charge in [-0.2, -0.15) is 4.98 Å².